The molecule has 1 aliphatic heterocycles. The van der Waals surface area contributed by atoms with Crippen molar-refractivity contribution in [3.8, 4) is 0 Å². The van der Waals surface area contributed by atoms with Crippen LogP contribution in [0.3, 0.4) is 0 Å². The maximum absolute atomic E-state index is 11.8. The Kier molecular flexibility index (Phi) is 2.93. The minimum Gasteiger partial charge on any atom is -0.345 e. The van der Waals surface area contributed by atoms with E-state index in [0.717, 1.165) is 18.9 Å². The second-order valence-electron chi connectivity index (χ2n) is 4.60. The topological polar surface area (TPSA) is 49.4 Å². The van der Waals surface area contributed by atoms with E-state index in [-0.39, 0.29) is 17.9 Å². The number of carbonyl (C=O) groups is 2. The fourth-order valence-corrected chi connectivity index (χ4v) is 1.96. The van der Waals surface area contributed by atoms with Gasteiger partial charge >= 0.3 is 0 Å². The lowest BCUT2D eigenvalue weighted by Gasteiger charge is -2.22. The van der Waals surface area contributed by atoms with E-state index >= 15 is 0 Å². The summed E-state index contributed by atoms with van der Waals surface area (Å²) in [5.41, 5.74) is 0. The van der Waals surface area contributed by atoms with Gasteiger partial charge in [0, 0.05) is 19.5 Å². The molecule has 2 fully saturated rings. The van der Waals surface area contributed by atoms with Gasteiger partial charge < -0.3 is 10.2 Å². The molecule has 2 rings (SSSR count). The van der Waals surface area contributed by atoms with Crippen LogP contribution in [0.4, 0.5) is 0 Å². The fourth-order valence-electron chi connectivity index (χ4n) is 1.96. The van der Waals surface area contributed by atoms with Gasteiger partial charge in [-0.25, -0.2) is 0 Å². The third-order valence-electron chi connectivity index (χ3n) is 3.17. The molecule has 1 atom stereocenters. The first-order valence-electron chi connectivity index (χ1n) is 5.75. The van der Waals surface area contributed by atoms with Crippen LogP contribution in [0.5, 0.6) is 0 Å². The Bertz CT molecular complexity index is 274. The molecule has 0 aromatic heterocycles. The van der Waals surface area contributed by atoms with Crippen molar-refractivity contribution < 1.29 is 9.59 Å². The molecule has 1 heterocycles. The largest absolute Gasteiger partial charge is 0.345 e. The summed E-state index contributed by atoms with van der Waals surface area (Å²) in [6, 6.07) is -0.348. The molecule has 1 aliphatic carbocycles. The van der Waals surface area contributed by atoms with E-state index in [1.165, 1.54) is 12.8 Å². The van der Waals surface area contributed by atoms with E-state index in [2.05, 4.69) is 5.32 Å². The summed E-state index contributed by atoms with van der Waals surface area (Å²) in [6.45, 7) is 3.17. The average Bonchev–Trinajstić information content (AvgIpc) is 2.99. The van der Waals surface area contributed by atoms with Gasteiger partial charge in [-0.05, 0) is 19.3 Å². The lowest BCUT2D eigenvalue weighted by molar-refractivity contribution is -0.133. The Balaban J connectivity index is 1.89. The van der Waals surface area contributed by atoms with Gasteiger partial charge in [0.1, 0.15) is 6.04 Å². The zero-order valence-corrected chi connectivity index (χ0v) is 9.16. The van der Waals surface area contributed by atoms with Crippen molar-refractivity contribution in [3.63, 3.8) is 0 Å². The second kappa shape index (κ2) is 4.21. The van der Waals surface area contributed by atoms with Gasteiger partial charge in [-0.2, -0.15) is 0 Å². The van der Waals surface area contributed by atoms with E-state index in [9.17, 15) is 9.59 Å². The Hall–Kier alpha value is -1.06. The van der Waals surface area contributed by atoms with Crippen molar-refractivity contribution >= 4 is 11.8 Å². The summed E-state index contributed by atoms with van der Waals surface area (Å²) < 4.78 is 0. The molecule has 1 saturated heterocycles. The normalized spacial score (nSPS) is 27.5. The van der Waals surface area contributed by atoms with Crippen molar-refractivity contribution in [1.82, 2.24) is 10.2 Å². The van der Waals surface area contributed by atoms with Gasteiger partial charge in [0.2, 0.25) is 11.8 Å². The summed E-state index contributed by atoms with van der Waals surface area (Å²) in [6.07, 6.45) is 4.18. The van der Waals surface area contributed by atoms with Crippen molar-refractivity contribution in [2.45, 2.75) is 38.6 Å². The molecule has 0 aromatic carbocycles. The number of rotatable bonds is 3. The maximum Gasteiger partial charge on any atom is 0.244 e. The third-order valence-corrected chi connectivity index (χ3v) is 3.17. The zero-order valence-electron chi connectivity index (χ0n) is 9.16. The van der Waals surface area contributed by atoms with E-state index in [4.69, 9.17) is 0 Å². The Morgan fingerprint density at radius 3 is 2.80 bits per heavy atom. The molecule has 84 valence electrons. The van der Waals surface area contributed by atoms with Gasteiger partial charge in [0.05, 0.1) is 0 Å². The minimum atomic E-state index is -0.348. The van der Waals surface area contributed by atoms with Gasteiger partial charge in [-0.15, -0.1) is 0 Å². The summed E-state index contributed by atoms with van der Waals surface area (Å²) >= 11 is 0. The molecule has 0 bridgehead atoms. The SMILES string of the molecule is CC1NC(=O)CCN(CCC2CC2)C1=O. The molecule has 4 nitrogen and oxygen atoms in total. The summed E-state index contributed by atoms with van der Waals surface area (Å²) in [5, 5.41) is 2.69. The van der Waals surface area contributed by atoms with Crippen LogP contribution < -0.4 is 5.32 Å². The number of hydrogen-bond acceptors (Lipinski definition) is 2. The predicted molar refractivity (Wildman–Crippen MR) is 56.1 cm³/mol. The molecule has 0 radical (unpaired) electrons. The number of nitrogens with one attached hydrogen (secondary N) is 1. The molecule has 1 saturated carbocycles. The molecule has 15 heavy (non-hydrogen) atoms. The number of carbonyl (C=O) groups excluding carboxylic acids is 2. The molecule has 0 aromatic rings. The highest BCUT2D eigenvalue weighted by Gasteiger charge is 2.28. The van der Waals surface area contributed by atoms with Crippen LogP contribution in [0.1, 0.15) is 32.6 Å². The average molecular weight is 210 g/mol. The highest BCUT2D eigenvalue weighted by Crippen LogP contribution is 2.32. The quantitative estimate of drug-likeness (QED) is 0.738. The standard InChI is InChI=1S/C11H18N2O2/c1-8-11(15)13(6-4-9-2-3-9)7-5-10(14)12-8/h8-9H,2-7H2,1H3,(H,12,14). The molecule has 1 N–H and O–H groups in total. The molecule has 2 amide bonds. The lowest BCUT2D eigenvalue weighted by atomic mass is 10.2. The monoisotopic (exact) mass is 210 g/mol. The van der Waals surface area contributed by atoms with E-state index in [0.29, 0.717) is 13.0 Å². The summed E-state index contributed by atoms with van der Waals surface area (Å²) in [7, 11) is 0. The highest BCUT2D eigenvalue weighted by molar-refractivity contribution is 5.89. The van der Waals surface area contributed by atoms with Crippen LogP contribution in [0.2, 0.25) is 0 Å². The minimum absolute atomic E-state index is 0.00947. The first-order chi connectivity index (χ1) is 7.16. The Morgan fingerprint density at radius 1 is 1.40 bits per heavy atom. The van der Waals surface area contributed by atoms with Crippen molar-refractivity contribution in [2.75, 3.05) is 13.1 Å². The van der Waals surface area contributed by atoms with Gasteiger partial charge in [0.25, 0.3) is 0 Å². The van der Waals surface area contributed by atoms with Crippen molar-refractivity contribution in [3.05, 3.63) is 0 Å². The lowest BCUT2D eigenvalue weighted by Crippen LogP contribution is -2.43. The zero-order chi connectivity index (χ0) is 10.8. The van der Waals surface area contributed by atoms with Crippen LogP contribution in [0.25, 0.3) is 0 Å². The van der Waals surface area contributed by atoms with Gasteiger partial charge in [0.15, 0.2) is 0 Å². The molecular weight excluding hydrogens is 192 g/mol. The van der Waals surface area contributed by atoms with Gasteiger partial charge in [-0.3, -0.25) is 9.59 Å². The predicted octanol–water partition coefficient (Wildman–Crippen LogP) is 0.523. The molecule has 0 spiro atoms. The molecular formula is C11H18N2O2. The second-order valence-corrected chi connectivity index (χ2v) is 4.60. The van der Waals surface area contributed by atoms with Crippen LogP contribution in [0.15, 0.2) is 0 Å². The van der Waals surface area contributed by atoms with Gasteiger partial charge in [-0.1, -0.05) is 12.8 Å². The first-order valence-corrected chi connectivity index (χ1v) is 5.75. The number of nitrogens with zero attached hydrogens (tertiary/aromatic N) is 1. The summed E-state index contributed by atoms with van der Waals surface area (Å²) in [5.74, 6) is 0.895. The molecule has 2 aliphatic rings. The van der Waals surface area contributed by atoms with E-state index in [1.54, 1.807) is 6.92 Å². The fraction of sp³-hybridized carbons (Fsp3) is 0.818. The van der Waals surface area contributed by atoms with Crippen molar-refractivity contribution in [1.29, 1.82) is 0 Å². The van der Waals surface area contributed by atoms with Crippen LogP contribution >= 0.6 is 0 Å². The smallest absolute Gasteiger partial charge is 0.244 e. The summed E-state index contributed by atoms with van der Waals surface area (Å²) in [4.78, 5) is 24.9. The Labute approximate surface area is 90.0 Å². The number of hydrogen-bond donors (Lipinski definition) is 1. The maximum atomic E-state index is 11.8. The first kappa shape index (κ1) is 10.5. The van der Waals surface area contributed by atoms with Crippen LogP contribution in [-0.4, -0.2) is 35.8 Å². The van der Waals surface area contributed by atoms with E-state index in [1.807, 2.05) is 4.90 Å². The van der Waals surface area contributed by atoms with Crippen LogP contribution in [0, 0.1) is 5.92 Å². The number of amides is 2. The van der Waals surface area contributed by atoms with Crippen LogP contribution in [-0.2, 0) is 9.59 Å². The van der Waals surface area contributed by atoms with Crippen molar-refractivity contribution in [2.24, 2.45) is 5.92 Å². The van der Waals surface area contributed by atoms with E-state index < -0.39 is 0 Å². The third kappa shape index (κ3) is 2.70. The highest BCUT2D eigenvalue weighted by atomic mass is 16.2. The Morgan fingerprint density at radius 2 is 2.13 bits per heavy atom. The molecule has 4 heteroatoms. The molecule has 1 unspecified atom stereocenters.